The van der Waals surface area contributed by atoms with Crippen LogP contribution in [0.25, 0.3) is 0 Å². The lowest BCUT2D eigenvalue weighted by Crippen LogP contribution is -2.24. The smallest absolute Gasteiger partial charge is 0.357 e. The lowest BCUT2D eigenvalue weighted by atomic mass is 10.5. The molecule has 5 nitrogen and oxygen atoms in total. The minimum absolute atomic E-state index is 0.139. The first-order valence-corrected chi connectivity index (χ1v) is 3.80. The fourth-order valence-corrected chi connectivity index (χ4v) is 0. The van der Waals surface area contributed by atoms with Gasteiger partial charge in [0.2, 0.25) is 0 Å². The highest BCUT2D eigenvalue weighted by Gasteiger charge is 2.24. The van der Waals surface area contributed by atoms with Gasteiger partial charge >= 0.3 is 5.97 Å². The molecule has 74 valence electrons. The van der Waals surface area contributed by atoms with Crippen LogP contribution in [0.3, 0.4) is 0 Å². The highest BCUT2D eigenvalue weighted by atomic mass is 32.2. The van der Waals surface area contributed by atoms with Crippen molar-refractivity contribution in [1.82, 2.24) is 0 Å². The van der Waals surface area contributed by atoms with Crippen molar-refractivity contribution in [3.63, 3.8) is 0 Å². The Bertz CT molecular complexity index is 130. The van der Waals surface area contributed by atoms with Gasteiger partial charge in [-0.25, -0.2) is 4.79 Å². The molecule has 12 heavy (non-hydrogen) atoms. The fraction of sp³-hybridized carbons (Fsp3) is 0.800. The molecule has 0 aliphatic rings. The molecule has 0 aromatic rings. The third kappa shape index (κ3) is 12.7. The SMILES string of the molecule is CC(O)CO.O=C(O)C(O)(S)S. The predicted molar refractivity (Wildman–Crippen MR) is 49.3 cm³/mol. The van der Waals surface area contributed by atoms with Crippen LogP contribution in [0.4, 0.5) is 0 Å². The van der Waals surface area contributed by atoms with Crippen LogP contribution in [0.2, 0.25) is 0 Å². The highest BCUT2D eigenvalue weighted by Crippen LogP contribution is 2.13. The Morgan fingerprint density at radius 2 is 1.75 bits per heavy atom. The summed E-state index contributed by atoms with van der Waals surface area (Å²) in [5.74, 6) is -1.47. The van der Waals surface area contributed by atoms with Gasteiger partial charge in [0.1, 0.15) is 0 Å². The number of hydrogen-bond acceptors (Lipinski definition) is 6. The molecule has 0 aromatic carbocycles. The van der Waals surface area contributed by atoms with E-state index in [0.717, 1.165) is 0 Å². The predicted octanol–water partition coefficient (Wildman–Crippen LogP) is -1.06. The molecule has 0 fully saturated rings. The topological polar surface area (TPSA) is 98.0 Å². The Labute approximate surface area is 80.9 Å². The van der Waals surface area contributed by atoms with E-state index < -0.39 is 16.3 Å². The zero-order valence-electron chi connectivity index (χ0n) is 6.38. The lowest BCUT2D eigenvalue weighted by Gasteiger charge is -2.05. The molecule has 0 aromatic heterocycles. The fourth-order valence-electron chi connectivity index (χ4n) is 0. The summed E-state index contributed by atoms with van der Waals surface area (Å²) in [5, 5.41) is 32.1. The van der Waals surface area contributed by atoms with Gasteiger partial charge in [-0.1, -0.05) is 0 Å². The van der Waals surface area contributed by atoms with Gasteiger partial charge in [-0.05, 0) is 6.92 Å². The van der Waals surface area contributed by atoms with Gasteiger partial charge in [-0.15, -0.1) is 25.3 Å². The largest absolute Gasteiger partial charge is 0.478 e. The van der Waals surface area contributed by atoms with E-state index >= 15 is 0 Å². The number of carboxylic acids is 1. The molecule has 0 saturated heterocycles. The molecule has 1 atom stereocenters. The molecule has 0 aliphatic carbocycles. The molecule has 0 spiro atoms. The number of thiol groups is 2. The average molecular weight is 216 g/mol. The molecule has 0 rings (SSSR count). The van der Waals surface area contributed by atoms with Crippen LogP contribution in [0.5, 0.6) is 0 Å². The summed E-state index contributed by atoms with van der Waals surface area (Å²) in [6.45, 7) is 1.39. The molecule has 0 bridgehead atoms. The van der Waals surface area contributed by atoms with Crippen molar-refractivity contribution >= 4 is 31.2 Å². The van der Waals surface area contributed by atoms with Gasteiger partial charge in [-0.3, -0.25) is 0 Å². The Kier molecular flexibility index (Phi) is 7.96. The van der Waals surface area contributed by atoms with Crippen molar-refractivity contribution in [3.8, 4) is 0 Å². The summed E-state index contributed by atoms with van der Waals surface area (Å²) >= 11 is 6.34. The van der Waals surface area contributed by atoms with E-state index in [4.69, 9.17) is 20.4 Å². The molecule has 0 radical (unpaired) electrons. The number of carboxylic acid groups (broad SMARTS) is 1. The molecule has 0 aliphatic heterocycles. The third-order valence-electron chi connectivity index (χ3n) is 0.551. The second-order valence-electron chi connectivity index (χ2n) is 1.97. The summed E-state index contributed by atoms with van der Waals surface area (Å²) in [4.78, 5) is 9.62. The highest BCUT2D eigenvalue weighted by molar-refractivity contribution is 8.01. The number of rotatable bonds is 2. The number of carbonyl (C=O) groups is 1. The maximum Gasteiger partial charge on any atom is 0.357 e. The Morgan fingerprint density at radius 1 is 1.58 bits per heavy atom. The normalized spacial score (nSPS) is 12.8. The first-order chi connectivity index (χ1) is 5.21. The van der Waals surface area contributed by atoms with Crippen LogP contribution in [0, 0.1) is 0 Å². The molecule has 0 saturated carbocycles. The van der Waals surface area contributed by atoms with Crippen molar-refractivity contribution < 1.29 is 25.2 Å². The molecule has 0 heterocycles. The molecule has 4 N–H and O–H groups in total. The minimum Gasteiger partial charge on any atom is -0.478 e. The van der Waals surface area contributed by atoms with Gasteiger partial charge in [0.05, 0.1) is 12.7 Å². The Morgan fingerprint density at radius 3 is 1.75 bits per heavy atom. The first-order valence-electron chi connectivity index (χ1n) is 2.91. The van der Waals surface area contributed by atoms with Crippen molar-refractivity contribution in [2.24, 2.45) is 0 Å². The minimum atomic E-state index is -2.19. The second kappa shape index (κ2) is 6.55. The number of hydrogen-bond donors (Lipinski definition) is 6. The molecule has 7 heteroatoms. The van der Waals surface area contributed by atoms with E-state index in [-0.39, 0.29) is 6.61 Å². The maximum atomic E-state index is 9.62. The summed E-state index contributed by atoms with van der Waals surface area (Å²) in [6.07, 6.45) is -0.560. The van der Waals surface area contributed by atoms with E-state index in [1.54, 1.807) is 0 Å². The van der Waals surface area contributed by atoms with Crippen molar-refractivity contribution in [1.29, 1.82) is 0 Å². The van der Waals surface area contributed by atoms with Crippen molar-refractivity contribution in [2.45, 2.75) is 17.3 Å². The summed E-state index contributed by atoms with van der Waals surface area (Å²) < 4.78 is -2.19. The van der Waals surface area contributed by atoms with E-state index in [9.17, 15) is 4.79 Å². The molecular formula is C5H12O5S2. The van der Waals surface area contributed by atoms with E-state index in [1.807, 2.05) is 0 Å². The molecular weight excluding hydrogens is 204 g/mol. The quantitative estimate of drug-likeness (QED) is 0.261. The molecule has 1 unspecified atom stereocenters. The summed E-state index contributed by atoms with van der Waals surface area (Å²) in [7, 11) is 0. The van der Waals surface area contributed by atoms with Crippen molar-refractivity contribution in [2.75, 3.05) is 6.61 Å². The zero-order valence-corrected chi connectivity index (χ0v) is 8.16. The van der Waals surface area contributed by atoms with Crippen LogP contribution >= 0.6 is 25.3 Å². The van der Waals surface area contributed by atoms with Crippen LogP contribution in [0.1, 0.15) is 6.92 Å². The third-order valence-corrected chi connectivity index (χ3v) is 0.934. The second-order valence-corrected chi connectivity index (χ2v) is 3.62. The summed E-state index contributed by atoms with van der Waals surface area (Å²) in [6, 6.07) is 0. The summed E-state index contributed by atoms with van der Waals surface area (Å²) in [5.41, 5.74) is 0. The van der Waals surface area contributed by atoms with Crippen LogP contribution in [-0.2, 0) is 4.79 Å². The zero-order chi connectivity index (χ0) is 10.4. The Balaban J connectivity index is 0. The van der Waals surface area contributed by atoms with Gasteiger partial charge in [0, 0.05) is 0 Å². The maximum absolute atomic E-state index is 9.62. The number of aliphatic hydroxyl groups excluding tert-OH is 2. The molecule has 0 amide bonds. The van der Waals surface area contributed by atoms with Crippen LogP contribution < -0.4 is 0 Å². The van der Waals surface area contributed by atoms with Gasteiger partial charge in [-0.2, -0.15) is 0 Å². The van der Waals surface area contributed by atoms with Crippen LogP contribution in [-0.4, -0.2) is 43.4 Å². The van der Waals surface area contributed by atoms with E-state index in [1.165, 1.54) is 6.92 Å². The lowest BCUT2D eigenvalue weighted by molar-refractivity contribution is -0.143. The van der Waals surface area contributed by atoms with Crippen LogP contribution in [0.15, 0.2) is 0 Å². The van der Waals surface area contributed by atoms with Gasteiger partial charge < -0.3 is 20.4 Å². The van der Waals surface area contributed by atoms with E-state index in [2.05, 4.69) is 25.3 Å². The van der Waals surface area contributed by atoms with Crippen molar-refractivity contribution in [3.05, 3.63) is 0 Å². The first kappa shape index (κ1) is 14.6. The Hall–Kier alpha value is 0.0500. The number of aliphatic carboxylic acids is 1. The van der Waals surface area contributed by atoms with E-state index in [0.29, 0.717) is 0 Å². The van der Waals surface area contributed by atoms with Gasteiger partial charge in [0.15, 0.2) is 0 Å². The average Bonchev–Trinajstić information content (AvgIpc) is 1.87. The standard InChI is InChI=1S/C3H8O2.C2H4O3S2/c1-3(5)2-4;3-1(4)2(5,6)7/h3-5H,2H2,1H3;5-7H,(H,3,4). The number of aliphatic hydroxyl groups is 3. The van der Waals surface area contributed by atoms with Gasteiger partial charge in [0.25, 0.3) is 4.27 Å². The monoisotopic (exact) mass is 216 g/mol.